The van der Waals surface area contributed by atoms with Gasteiger partial charge >= 0.3 is 0 Å². The molecule has 9 heterocycles. The largest absolute Gasteiger partial charge is 0.474 e. The Morgan fingerprint density at radius 2 is 1.86 bits per heavy atom. The number of rotatable bonds is 15. The number of fused-ring (bicyclic) bond motifs is 2. The van der Waals surface area contributed by atoms with E-state index in [0.717, 1.165) is 28.6 Å². The predicted molar refractivity (Wildman–Crippen MR) is 291 cm³/mol. The minimum atomic E-state index is -3.72. The van der Waals surface area contributed by atoms with Crippen molar-refractivity contribution in [2.24, 2.45) is 18.0 Å². The first-order chi connectivity index (χ1) is 37.6. The number of anilines is 2. The number of likely N-dealkylation sites (tertiary alicyclic amines) is 2. The van der Waals surface area contributed by atoms with Gasteiger partial charge in [-0.15, -0.1) is 11.3 Å². The number of pyridine rings is 2. The van der Waals surface area contributed by atoms with Gasteiger partial charge in [-0.05, 0) is 65.7 Å². The number of aliphatic hydroxyl groups is 1. The van der Waals surface area contributed by atoms with E-state index in [-0.39, 0.29) is 89.6 Å². The normalized spacial score (nSPS) is 20.7. The second kappa shape index (κ2) is 20.5. The van der Waals surface area contributed by atoms with E-state index in [1.165, 1.54) is 26.9 Å². The number of nitrogens with zero attached hydrogens (tertiary/aromatic N) is 8. The molecular formula is C55H57F2N11O9S2. The van der Waals surface area contributed by atoms with Crippen molar-refractivity contribution in [1.82, 2.24) is 45.1 Å². The van der Waals surface area contributed by atoms with Crippen LogP contribution < -0.4 is 25.8 Å². The average Bonchev–Trinajstić information content (AvgIpc) is 4.32. The summed E-state index contributed by atoms with van der Waals surface area (Å²) < 4.78 is 69.0. The number of aliphatic imine (C=N–C) groups is 1. The molecule has 4 N–H and O–H groups in total. The van der Waals surface area contributed by atoms with Crippen molar-refractivity contribution >= 4 is 67.1 Å². The quantitative estimate of drug-likeness (QED) is 0.0941. The van der Waals surface area contributed by atoms with Crippen LogP contribution in [0.3, 0.4) is 0 Å². The zero-order valence-corrected chi connectivity index (χ0v) is 45.7. The first kappa shape index (κ1) is 53.3. The molecule has 4 aliphatic heterocycles. The number of H-pyrrole nitrogens is 1. The van der Waals surface area contributed by atoms with Gasteiger partial charge in [-0.25, -0.2) is 32.2 Å². The van der Waals surface area contributed by atoms with Gasteiger partial charge in [0.2, 0.25) is 5.91 Å². The number of carbonyl (C=O) groups excluding carboxylic acids is 3. The van der Waals surface area contributed by atoms with E-state index in [9.17, 15) is 37.1 Å². The summed E-state index contributed by atoms with van der Waals surface area (Å²) >= 11 is 1.54. The third-order valence-electron chi connectivity index (χ3n) is 15.3. The van der Waals surface area contributed by atoms with Crippen molar-refractivity contribution in [2.75, 3.05) is 43.9 Å². The average molecular weight is 1120 g/mol. The number of sulfone groups is 1. The molecule has 0 spiro atoms. The van der Waals surface area contributed by atoms with Crippen LogP contribution in [0, 0.1) is 24.5 Å². The Morgan fingerprint density at radius 1 is 1.08 bits per heavy atom. The molecule has 4 aliphatic rings. The van der Waals surface area contributed by atoms with E-state index >= 15 is 4.39 Å². The van der Waals surface area contributed by atoms with Crippen LogP contribution in [0.25, 0.3) is 32.5 Å². The number of ether oxygens (including phenoxy) is 1. The standard InChI is InChI=1S/C55H57F2N11O9S2/c1-28(2)45(52(71)68-24-36(69)17-42(68)49-62-54(73)55(4,63-49)33-9-7-30(8-10-33)48-29(3)60-27-78-48)43-19-44(64-77-43)76-14-13-66-12-11-35(23-66)61-51(70)37-18-41-38(15-31(37)26-79(6,74)75)39-25-65(5)53(72)47-46(39)32(20-58-47)22-67(41)50-40(57)16-34(56)21-59-50/h7-10,15-16,18-21,25,27-28,35-36,42,45,58,69H,11-14,17,22-24,26H2,1-6H3,(H,61,70)(H,62,63,73)/t35-,36+,42+,45?,55-/m0/s1. The number of aromatic nitrogens is 5. The number of aromatic amines is 1. The van der Waals surface area contributed by atoms with Crippen LogP contribution in [0.15, 0.2) is 86.9 Å². The van der Waals surface area contributed by atoms with Crippen LogP contribution in [-0.4, -0.2) is 129 Å². The number of aliphatic hydroxyl groups excluding tert-OH is 1. The van der Waals surface area contributed by atoms with Gasteiger partial charge < -0.3 is 44.4 Å². The Kier molecular flexibility index (Phi) is 13.9. The minimum Gasteiger partial charge on any atom is -0.474 e. The van der Waals surface area contributed by atoms with Gasteiger partial charge in [-0.3, -0.25) is 24.1 Å². The molecule has 5 aromatic heterocycles. The summed E-state index contributed by atoms with van der Waals surface area (Å²) in [6, 6.07) is 11.9. The number of hydrogen-bond acceptors (Lipinski definition) is 16. The third-order valence-corrected chi connectivity index (χ3v) is 17.1. The monoisotopic (exact) mass is 1120 g/mol. The van der Waals surface area contributed by atoms with E-state index in [1.54, 1.807) is 48.9 Å². The fourth-order valence-electron chi connectivity index (χ4n) is 11.3. The molecule has 24 heteroatoms. The SMILES string of the molecule is Cc1ncsc1-c1ccc([C@]2(C)N=C([C@H]3C[C@@H](O)CN3C(=O)C(c3cc(OCCN4CC[C@H](NC(=O)c5cc6c(cc5CS(C)(=O)=O)-c5cn(C)c(=O)c7[nH]cc(c57)CN6c5ncc(F)cc5F)C4)no3)C(C)C)NC2=O)cc1. The number of benzene rings is 2. The van der Waals surface area contributed by atoms with Gasteiger partial charge in [0, 0.05) is 98.5 Å². The summed E-state index contributed by atoms with van der Waals surface area (Å²) in [4.78, 5) is 78.4. The van der Waals surface area contributed by atoms with Gasteiger partial charge in [-0.2, -0.15) is 0 Å². The number of amidine groups is 1. The smallest absolute Gasteiger partial charge is 0.274 e. The number of β-amino-alcohol motifs (C(OH)–C–C–N with tert-alkyl or cyclic N) is 1. The maximum absolute atomic E-state index is 15.7. The third kappa shape index (κ3) is 10.1. The summed E-state index contributed by atoms with van der Waals surface area (Å²) in [5.74, 6) is -4.19. The molecule has 412 valence electrons. The second-order valence-electron chi connectivity index (χ2n) is 21.3. The molecule has 0 saturated carbocycles. The lowest BCUT2D eigenvalue weighted by atomic mass is 9.91. The molecule has 79 heavy (non-hydrogen) atoms. The fraction of sp³-hybridized carbons (Fsp3) is 0.382. The van der Waals surface area contributed by atoms with Crippen molar-refractivity contribution in [1.29, 1.82) is 0 Å². The Labute approximate surface area is 456 Å². The molecule has 20 nitrogen and oxygen atoms in total. The van der Waals surface area contributed by atoms with Crippen LogP contribution >= 0.6 is 11.3 Å². The molecular weight excluding hydrogens is 1060 g/mol. The van der Waals surface area contributed by atoms with Gasteiger partial charge in [0.25, 0.3) is 23.3 Å². The van der Waals surface area contributed by atoms with Gasteiger partial charge in [0.15, 0.2) is 32.8 Å². The predicted octanol–water partition coefficient (Wildman–Crippen LogP) is 5.85. The van der Waals surface area contributed by atoms with E-state index in [1.807, 2.05) is 45.0 Å². The first-order valence-electron chi connectivity index (χ1n) is 25.8. The number of halogens is 2. The molecule has 1 unspecified atom stereocenters. The van der Waals surface area contributed by atoms with Crippen LogP contribution in [0.5, 0.6) is 5.88 Å². The lowest BCUT2D eigenvalue weighted by Gasteiger charge is -2.29. The molecule has 0 aliphatic carbocycles. The molecule has 0 radical (unpaired) electrons. The van der Waals surface area contributed by atoms with Crippen molar-refractivity contribution in [3.8, 4) is 27.4 Å². The number of aryl methyl sites for hydroxylation is 2. The summed E-state index contributed by atoms with van der Waals surface area (Å²) in [7, 11) is -2.15. The first-order valence-corrected chi connectivity index (χ1v) is 28.7. The van der Waals surface area contributed by atoms with Crippen molar-refractivity contribution in [3.05, 3.63) is 128 Å². The molecule has 11 rings (SSSR count). The van der Waals surface area contributed by atoms with Crippen LogP contribution in [0.2, 0.25) is 0 Å². The van der Waals surface area contributed by atoms with Crippen molar-refractivity contribution in [3.63, 3.8) is 0 Å². The number of thiazole rings is 1. The molecule has 2 saturated heterocycles. The highest BCUT2D eigenvalue weighted by molar-refractivity contribution is 7.89. The van der Waals surface area contributed by atoms with Gasteiger partial charge in [0.1, 0.15) is 29.7 Å². The van der Waals surface area contributed by atoms with Crippen LogP contribution in [0.4, 0.5) is 20.3 Å². The Hall–Kier alpha value is -7.67. The highest BCUT2D eigenvalue weighted by atomic mass is 32.2. The zero-order valence-electron chi connectivity index (χ0n) is 44.0. The maximum atomic E-state index is 15.7. The Bertz CT molecular complexity index is 3800. The lowest BCUT2D eigenvalue weighted by Crippen LogP contribution is -2.48. The topological polar surface area (TPSA) is 251 Å². The number of nitrogens with one attached hydrogen (secondary N) is 3. The molecule has 0 bridgehead atoms. The molecule has 5 atom stereocenters. The second-order valence-corrected chi connectivity index (χ2v) is 24.3. The Morgan fingerprint density at radius 3 is 2.58 bits per heavy atom. The van der Waals surface area contributed by atoms with Crippen molar-refractivity contribution in [2.45, 2.75) is 82.5 Å². The van der Waals surface area contributed by atoms with Gasteiger partial charge in [-0.1, -0.05) is 38.1 Å². The highest BCUT2D eigenvalue weighted by Gasteiger charge is 2.48. The molecule has 3 amide bonds. The number of hydrogen-bond donors (Lipinski definition) is 4. The van der Waals surface area contributed by atoms with Crippen LogP contribution in [-0.2, 0) is 44.3 Å². The maximum Gasteiger partial charge on any atom is 0.274 e. The Balaban J connectivity index is 0.760. The highest BCUT2D eigenvalue weighted by Crippen LogP contribution is 2.45. The van der Waals surface area contributed by atoms with Gasteiger partial charge in [0.05, 0.1) is 52.4 Å². The van der Waals surface area contributed by atoms with E-state index < -0.39 is 56.7 Å². The number of carbonyl (C=O) groups is 3. The lowest BCUT2D eigenvalue weighted by molar-refractivity contribution is -0.134. The van der Waals surface area contributed by atoms with Crippen LogP contribution in [0.1, 0.15) is 78.0 Å². The summed E-state index contributed by atoms with van der Waals surface area (Å²) in [5, 5.41) is 21.6. The minimum absolute atomic E-state index is 0.0244. The summed E-state index contributed by atoms with van der Waals surface area (Å²) in [5.41, 5.74) is 5.11. The fourth-order valence-corrected chi connectivity index (χ4v) is 13.0. The zero-order chi connectivity index (χ0) is 55.8. The van der Waals surface area contributed by atoms with E-state index in [4.69, 9.17) is 14.3 Å². The molecule has 2 fully saturated rings. The van der Waals surface area contributed by atoms with E-state index in [2.05, 4.69) is 35.6 Å². The summed E-state index contributed by atoms with van der Waals surface area (Å²) in [6.45, 7) is 9.03. The number of amides is 3. The summed E-state index contributed by atoms with van der Waals surface area (Å²) in [6.07, 6.45) is 5.05. The molecule has 2 aromatic carbocycles. The van der Waals surface area contributed by atoms with Crippen molar-refractivity contribution < 1.29 is 45.9 Å². The van der Waals surface area contributed by atoms with E-state index in [0.29, 0.717) is 71.3 Å². The molecule has 7 aromatic rings.